The second-order valence-electron chi connectivity index (χ2n) is 8.22. The van der Waals surface area contributed by atoms with Crippen LogP contribution >= 0.6 is 11.6 Å². The van der Waals surface area contributed by atoms with Crippen LogP contribution in [0, 0.1) is 5.82 Å². The number of rotatable bonds is 6. The molecule has 2 aliphatic heterocycles. The first kappa shape index (κ1) is 22.9. The Balaban J connectivity index is 1.45. The van der Waals surface area contributed by atoms with E-state index in [0.717, 1.165) is 11.1 Å². The van der Waals surface area contributed by atoms with Gasteiger partial charge in [0.05, 0.1) is 18.4 Å². The highest BCUT2D eigenvalue weighted by molar-refractivity contribution is 6.30. The molecule has 2 heterocycles. The lowest BCUT2D eigenvalue weighted by Gasteiger charge is -2.32. The molecule has 0 spiro atoms. The van der Waals surface area contributed by atoms with Gasteiger partial charge in [0.15, 0.2) is 11.5 Å². The Hall–Kier alpha value is -3.84. The first-order chi connectivity index (χ1) is 16.9. The standard InChI is InChI=1S/C27H21ClFNO5/c1-33-24-12-17(4-11-23(24)34-14-16-2-5-18(28)6-3-16)21-13-25(31)30(20-9-7-19(29)8-10-20)22-15-35-27(32)26(21)22/h2-12,21H,13-15H2,1H3. The molecule has 5 rings (SSSR count). The molecule has 8 heteroatoms. The monoisotopic (exact) mass is 493 g/mol. The third kappa shape index (κ3) is 4.47. The van der Waals surface area contributed by atoms with Crippen molar-refractivity contribution in [1.82, 2.24) is 0 Å². The van der Waals surface area contributed by atoms with E-state index in [4.69, 9.17) is 25.8 Å². The molecule has 0 aromatic heterocycles. The predicted octanol–water partition coefficient (Wildman–Crippen LogP) is 5.40. The largest absolute Gasteiger partial charge is 0.493 e. The zero-order valence-corrected chi connectivity index (χ0v) is 19.5. The van der Waals surface area contributed by atoms with Crippen LogP contribution in [0.5, 0.6) is 11.5 Å². The molecule has 1 amide bonds. The molecule has 1 unspecified atom stereocenters. The van der Waals surface area contributed by atoms with E-state index < -0.39 is 17.7 Å². The number of hydrogen-bond donors (Lipinski definition) is 0. The van der Waals surface area contributed by atoms with Crippen LogP contribution in [0.2, 0.25) is 5.02 Å². The minimum absolute atomic E-state index is 0.0206. The summed E-state index contributed by atoms with van der Waals surface area (Å²) >= 11 is 5.94. The molecule has 1 atom stereocenters. The lowest BCUT2D eigenvalue weighted by atomic mass is 9.84. The van der Waals surface area contributed by atoms with Gasteiger partial charge in [0.25, 0.3) is 0 Å². The first-order valence-electron chi connectivity index (χ1n) is 11.0. The Morgan fingerprint density at radius 3 is 2.49 bits per heavy atom. The lowest BCUT2D eigenvalue weighted by molar-refractivity contribution is -0.136. The number of carbonyl (C=O) groups excluding carboxylic acids is 2. The lowest BCUT2D eigenvalue weighted by Crippen LogP contribution is -2.37. The number of nitrogens with zero attached hydrogens (tertiary/aromatic N) is 1. The summed E-state index contributed by atoms with van der Waals surface area (Å²) in [5, 5.41) is 0.648. The van der Waals surface area contributed by atoms with Crippen LogP contribution in [0.1, 0.15) is 23.5 Å². The number of halogens is 2. The molecule has 0 aliphatic carbocycles. The van der Waals surface area contributed by atoms with Crippen LogP contribution in [0.25, 0.3) is 0 Å². The average molecular weight is 494 g/mol. The van der Waals surface area contributed by atoms with E-state index in [1.165, 1.54) is 36.3 Å². The Kier molecular flexibility index (Phi) is 6.17. The summed E-state index contributed by atoms with van der Waals surface area (Å²) in [6, 6.07) is 18.3. The number of hydrogen-bond acceptors (Lipinski definition) is 5. The molecule has 178 valence electrons. The number of ether oxygens (including phenoxy) is 3. The summed E-state index contributed by atoms with van der Waals surface area (Å²) < 4.78 is 30.2. The normalized spacial score (nSPS) is 17.3. The van der Waals surface area contributed by atoms with Gasteiger partial charge < -0.3 is 14.2 Å². The van der Waals surface area contributed by atoms with E-state index in [2.05, 4.69) is 0 Å². The van der Waals surface area contributed by atoms with Crippen molar-refractivity contribution in [2.24, 2.45) is 0 Å². The fourth-order valence-electron chi connectivity index (χ4n) is 4.39. The van der Waals surface area contributed by atoms with E-state index in [1.54, 1.807) is 24.3 Å². The van der Waals surface area contributed by atoms with Crippen LogP contribution < -0.4 is 14.4 Å². The number of cyclic esters (lactones) is 1. The molecule has 0 fully saturated rings. The third-order valence-electron chi connectivity index (χ3n) is 6.10. The van der Waals surface area contributed by atoms with Crippen LogP contribution in [0.15, 0.2) is 78.0 Å². The number of anilines is 1. The minimum Gasteiger partial charge on any atom is -0.493 e. The van der Waals surface area contributed by atoms with Crippen molar-refractivity contribution in [3.05, 3.63) is 100.0 Å². The van der Waals surface area contributed by atoms with Gasteiger partial charge in [0, 0.05) is 23.0 Å². The molecule has 3 aromatic rings. The highest BCUT2D eigenvalue weighted by Gasteiger charge is 2.43. The quantitative estimate of drug-likeness (QED) is 0.430. The molecular weight excluding hydrogens is 473 g/mol. The highest BCUT2D eigenvalue weighted by Crippen LogP contribution is 2.43. The minimum atomic E-state index is -0.497. The van der Waals surface area contributed by atoms with Crippen molar-refractivity contribution in [3.8, 4) is 11.5 Å². The molecule has 0 saturated heterocycles. The van der Waals surface area contributed by atoms with Gasteiger partial charge >= 0.3 is 5.97 Å². The van der Waals surface area contributed by atoms with Gasteiger partial charge in [0.2, 0.25) is 5.91 Å². The number of amides is 1. The van der Waals surface area contributed by atoms with Gasteiger partial charge in [-0.05, 0) is 59.7 Å². The van der Waals surface area contributed by atoms with Crippen LogP contribution in [-0.2, 0) is 20.9 Å². The van der Waals surface area contributed by atoms with Crippen molar-refractivity contribution in [2.45, 2.75) is 18.9 Å². The third-order valence-corrected chi connectivity index (χ3v) is 6.35. The zero-order chi connectivity index (χ0) is 24.5. The topological polar surface area (TPSA) is 65.1 Å². The summed E-state index contributed by atoms with van der Waals surface area (Å²) in [6.45, 7) is 0.302. The second kappa shape index (κ2) is 9.43. The van der Waals surface area contributed by atoms with Crippen molar-refractivity contribution in [2.75, 3.05) is 18.6 Å². The highest BCUT2D eigenvalue weighted by atomic mass is 35.5. The van der Waals surface area contributed by atoms with Crippen LogP contribution in [-0.4, -0.2) is 25.6 Å². The van der Waals surface area contributed by atoms with Crippen molar-refractivity contribution >= 4 is 29.2 Å². The summed E-state index contributed by atoms with van der Waals surface area (Å²) in [6.07, 6.45) is 0.0550. The van der Waals surface area contributed by atoms with E-state index in [1.807, 2.05) is 18.2 Å². The number of esters is 1. The fourth-order valence-corrected chi connectivity index (χ4v) is 4.52. The summed E-state index contributed by atoms with van der Waals surface area (Å²) in [4.78, 5) is 27.3. The van der Waals surface area contributed by atoms with E-state index in [9.17, 15) is 14.0 Å². The number of benzene rings is 3. The van der Waals surface area contributed by atoms with Crippen LogP contribution in [0.4, 0.5) is 10.1 Å². The molecule has 0 N–H and O–H groups in total. The molecule has 0 saturated carbocycles. The number of carbonyl (C=O) groups is 2. The summed E-state index contributed by atoms with van der Waals surface area (Å²) in [7, 11) is 1.53. The van der Waals surface area contributed by atoms with Crippen molar-refractivity contribution in [1.29, 1.82) is 0 Å². The van der Waals surface area contributed by atoms with E-state index in [-0.39, 0.29) is 18.9 Å². The maximum Gasteiger partial charge on any atom is 0.336 e. The maximum atomic E-state index is 13.4. The SMILES string of the molecule is COc1cc(C2CC(=O)N(c3ccc(F)cc3)C3=C2C(=O)OC3)ccc1OCc1ccc(Cl)cc1. The first-order valence-corrected chi connectivity index (χ1v) is 11.4. The van der Waals surface area contributed by atoms with Crippen LogP contribution in [0.3, 0.4) is 0 Å². The average Bonchev–Trinajstić information content (AvgIpc) is 3.25. The van der Waals surface area contributed by atoms with Gasteiger partial charge in [-0.15, -0.1) is 0 Å². The molecule has 2 aliphatic rings. The molecule has 35 heavy (non-hydrogen) atoms. The van der Waals surface area contributed by atoms with Gasteiger partial charge in [-0.25, -0.2) is 9.18 Å². The van der Waals surface area contributed by atoms with Crippen molar-refractivity contribution < 1.29 is 28.2 Å². The summed E-state index contributed by atoms with van der Waals surface area (Å²) in [5.74, 6) is -0.562. The predicted molar refractivity (Wildman–Crippen MR) is 128 cm³/mol. The van der Waals surface area contributed by atoms with Crippen molar-refractivity contribution in [3.63, 3.8) is 0 Å². The summed E-state index contributed by atoms with van der Waals surface area (Å²) in [5.41, 5.74) is 3.07. The molecule has 0 bridgehead atoms. The Bertz CT molecular complexity index is 1320. The van der Waals surface area contributed by atoms with E-state index >= 15 is 0 Å². The smallest absolute Gasteiger partial charge is 0.336 e. The van der Waals surface area contributed by atoms with Gasteiger partial charge in [-0.3, -0.25) is 9.69 Å². The fraction of sp³-hybridized carbons (Fsp3) is 0.185. The Labute approximate surface area is 206 Å². The van der Waals surface area contributed by atoms with Gasteiger partial charge in [0.1, 0.15) is 19.0 Å². The second-order valence-corrected chi connectivity index (χ2v) is 8.66. The molecule has 0 radical (unpaired) electrons. The maximum absolute atomic E-state index is 13.4. The zero-order valence-electron chi connectivity index (χ0n) is 18.8. The Morgan fingerprint density at radius 1 is 1.03 bits per heavy atom. The van der Waals surface area contributed by atoms with Gasteiger partial charge in [-0.2, -0.15) is 0 Å². The molecular formula is C27H21ClFNO5. The van der Waals surface area contributed by atoms with Gasteiger partial charge in [-0.1, -0.05) is 29.8 Å². The molecule has 3 aromatic carbocycles. The number of methoxy groups -OCH3 is 1. The van der Waals surface area contributed by atoms with E-state index in [0.29, 0.717) is 40.1 Å². The Morgan fingerprint density at radius 2 is 1.77 bits per heavy atom. The molecule has 6 nitrogen and oxygen atoms in total.